The quantitative estimate of drug-likeness (QED) is 0.586. The van der Waals surface area contributed by atoms with Crippen LogP contribution >= 0.6 is 0 Å². The second kappa shape index (κ2) is 6.96. The number of nitrogens with zero attached hydrogens (tertiary/aromatic N) is 4. The highest BCUT2D eigenvalue weighted by atomic mass is 16.5. The van der Waals surface area contributed by atoms with Crippen LogP contribution in [0.2, 0.25) is 0 Å². The van der Waals surface area contributed by atoms with Gasteiger partial charge in [0.25, 0.3) is 5.91 Å². The maximum absolute atomic E-state index is 12.2. The lowest BCUT2D eigenvalue weighted by Gasteiger charge is -2.19. The number of nitrogens with two attached hydrogens (primary N) is 1. The average Bonchev–Trinajstić information content (AvgIpc) is 3.37. The third kappa shape index (κ3) is 2.89. The Bertz CT molecular complexity index is 1130. The SMILES string of the molecule is CN1Cc2ccc(OC[C@H]3C[C@@H](n4ccc5c(N)ncnc54)[C@H](O)[C@@H]3O)cc2C1=O. The van der Waals surface area contributed by atoms with Crippen LogP contribution in [0, 0.1) is 5.92 Å². The lowest BCUT2D eigenvalue weighted by atomic mass is 10.1. The maximum Gasteiger partial charge on any atom is 0.254 e. The first-order valence-corrected chi connectivity index (χ1v) is 9.88. The fraction of sp³-hybridized carbons (Fsp3) is 0.381. The van der Waals surface area contributed by atoms with Crippen molar-refractivity contribution in [2.75, 3.05) is 19.4 Å². The number of rotatable bonds is 4. The first kappa shape index (κ1) is 18.8. The van der Waals surface area contributed by atoms with Crippen LogP contribution in [0.4, 0.5) is 5.82 Å². The first-order chi connectivity index (χ1) is 14.4. The minimum absolute atomic E-state index is 0.0208. The number of aromatic nitrogens is 3. The highest BCUT2D eigenvalue weighted by Crippen LogP contribution is 2.38. The Morgan fingerprint density at radius 2 is 2.07 bits per heavy atom. The highest BCUT2D eigenvalue weighted by Gasteiger charge is 2.43. The zero-order chi connectivity index (χ0) is 21.0. The summed E-state index contributed by atoms with van der Waals surface area (Å²) in [6, 6.07) is 6.93. The third-order valence-electron chi connectivity index (χ3n) is 6.20. The molecule has 9 heteroatoms. The van der Waals surface area contributed by atoms with E-state index in [4.69, 9.17) is 10.5 Å². The van der Waals surface area contributed by atoms with E-state index in [0.717, 1.165) is 5.56 Å². The Hall–Kier alpha value is -3.17. The number of hydrogen-bond acceptors (Lipinski definition) is 7. The summed E-state index contributed by atoms with van der Waals surface area (Å²) in [5.41, 5.74) is 8.16. The molecule has 1 aliphatic heterocycles. The molecule has 2 aliphatic rings. The topological polar surface area (TPSA) is 127 Å². The van der Waals surface area contributed by atoms with Gasteiger partial charge in [0, 0.05) is 31.3 Å². The monoisotopic (exact) mass is 409 g/mol. The van der Waals surface area contributed by atoms with Gasteiger partial charge in [-0.05, 0) is 30.2 Å². The minimum Gasteiger partial charge on any atom is -0.493 e. The lowest BCUT2D eigenvalue weighted by molar-refractivity contribution is -0.00143. The van der Waals surface area contributed by atoms with Crippen molar-refractivity contribution >= 4 is 22.8 Å². The number of hydrogen-bond donors (Lipinski definition) is 3. The highest BCUT2D eigenvalue weighted by molar-refractivity contribution is 5.98. The van der Waals surface area contributed by atoms with Crippen molar-refractivity contribution in [3.8, 4) is 5.75 Å². The standard InChI is InChI=1S/C21H23N5O4/c1-25-8-11-2-3-13(7-15(11)21(25)29)30-9-12-6-16(18(28)17(12)27)26-5-4-14-19(22)23-10-24-20(14)26/h2-5,7,10,12,16-18,27-28H,6,8-9H2,1H3,(H2,22,23,24)/t12-,16-,17-,18+/m1/s1. The van der Waals surface area contributed by atoms with E-state index in [0.29, 0.717) is 41.1 Å². The summed E-state index contributed by atoms with van der Waals surface area (Å²) in [5, 5.41) is 22.0. The molecule has 3 aromatic rings. The van der Waals surface area contributed by atoms with Crippen molar-refractivity contribution < 1.29 is 19.7 Å². The molecule has 3 heterocycles. The number of aliphatic hydroxyl groups excluding tert-OH is 2. The lowest BCUT2D eigenvalue weighted by Crippen LogP contribution is -2.31. The number of fused-ring (bicyclic) bond motifs is 2. The van der Waals surface area contributed by atoms with Gasteiger partial charge in [0.15, 0.2) is 0 Å². The molecular weight excluding hydrogens is 386 g/mol. The van der Waals surface area contributed by atoms with E-state index in [1.165, 1.54) is 6.33 Å². The number of carbonyl (C=O) groups excluding carboxylic acids is 1. The summed E-state index contributed by atoms with van der Waals surface area (Å²) in [6.45, 7) is 0.830. The second-order valence-electron chi connectivity index (χ2n) is 8.05. The van der Waals surface area contributed by atoms with Crippen molar-refractivity contribution in [3.63, 3.8) is 0 Å². The van der Waals surface area contributed by atoms with Gasteiger partial charge in [0.05, 0.1) is 24.1 Å². The molecule has 0 radical (unpaired) electrons. The Kier molecular flexibility index (Phi) is 4.37. The third-order valence-corrected chi connectivity index (χ3v) is 6.20. The van der Waals surface area contributed by atoms with Crippen molar-refractivity contribution in [3.05, 3.63) is 47.9 Å². The largest absolute Gasteiger partial charge is 0.493 e. The predicted octanol–water partition coefficient (Wildman–Crippen LogP) is 0.961. The fourth-order valence-electron chi connectivity index (χ4n) is 4.52. The maximum atomic E-state index is 12.2. The van der Waals surface area contributed by atoms with Gasteiger partial charge in [0.2, 0.25) is 0 Å². The van der Waals surface area contributed by atoms with E-state index in [1.807, 2.05) is 29.0 Å². The van der Waals surface area contributed by atoms with E-state index in [9.17, 15) is 15.0 Å². The molecule has 9 nitrogen and oxygen atoms in total. The van der Waals surface area contributed by atoms with Gasteiger partial charge >= 0.3 is 0 Å². The first-order valence-electron chi connectivity index (χ1n) is 9.88. The van der Waals surface area contributed by atoms with Crippen LogP contribution in [0.25, 0.3) is 11.0 Å². The molecule has 0 saturated heterocycles. The number of nitrogen functional groups attached to an aromatic ring is 1. The zero-order valence-electron chi connectivity index (χ0n) is 16.5. The summed E-state index contributed by atoms with van der Waals surface area (Å²) in [6.07, 6.45) is 1.82. The molecule has 4 atom stereocenters. The van der Waals surface area contributed by atoms with Gasteiger partial charge < -0.3 is 30.2 Å². The summed E-state index contributed by atoms with van der Waals surface area (Å²) in [5.74, 6) is 0.666. The number of anilines is 1. The Morgan fingerprint density at radius 1 is 1.23 bits per heavy atom. The van der Waals surface area contributed by atoms with Gasteiger partial charge in [-0.3, -0.25) is 4.79 Å². The average molecular weight is 409 g/mol. The van der Waals surface area contributed by atoms with Gasteiger partial charge in [0.1, 0.15) is 29.6 Å². The molecule has 0 bridgehead atoms. The Balaban J connectivity index is 1.32. The van der Waals surface area contributed by atoms with Crippen LogP contribution in [0.5, 0.6) is 5.75 Å². The van der Waals surface area contributed by atoms with Gasteiger partial charge in [-0.1, -0.05) is 6.07 Å². The molecule has 1 fully saturated rings. The summed E-state index contributed by atoms with van der Waals surface area (Å²) in [4.78, 5) is 22.1. The Labute approximate surface area is 172 Å². The van der Waals surface area contributed by atoms with Crippen LogP contribution in [0.3, 0.4) is 0 Å². The minimum atomic E-state index is -0.958. The molecule has 4 N–H and O–H groups in total. The van der Waals surface area contributed by atoms with Gasteiger partial charge in [-0.15, -0.1) is 0 Å². The van der Waals surface area contributed by atoms with E-state index in [1.54, 1.807) is 18.0 Å². The molecule has 30 heavy (non-hydrogen) atoms. The molecule has 1 aromatic carbocycles. The van der Waals surface area contributed by atoms with Crippen molar-refractivity contribution in [1.29, 1.82) is 0 Å². The van der Waals surface area contributed by atoms with Crippen LogP contribution in [-0.2, 0) is 6.54 Å². The van der Waals surface area contributed by atoms with E-state index < -0.39 is 12.2 Å². The zero-order valence-corrected chi connectivity index (χ0v) is 16.5. The number of benzene rings is 1. The molecule has 0 spiro atoms. The van der Waals surface area contributed by atoms with E-state index >= 15 is 0 Å². The van der Waals surface area contributed by atoms with Crippen molar-refractivity contribution in [2.24, 2.45) is 5.92 Å². The molecule has 0 unspecified atom stereocenters. The molecule has 1 aliphatic carbocycles. The molecule has 1 saturated carbocycles. The predicted molar refractivity (Wildman–Crippen MR) is 109 cm³/mol. The van der Waals surface area contributed by atoms with Gasteiger partial charge in [-0.25, -0.2) is 9.97 Å². The smallest absolute Gasteiger partial charge is 0.254 e. The molecule has 156 valence electrons. The summed E-state index contributed by atoms with van der Waals surface area (Å²) >= 11 is 0. The summed E-state index contributed by atoms with van der Waals surface area (Å²) in [7, 11) is 1.77. The number of aliphatic hydroxyl groups is 2. The molecule has 5 rings (SSSR count). The van der Waals surface area contributed by atoms with Crippen LogP contribution in [0.1, 0.15) is 28.4 Å². The Morgan fingerprint density at radius 3 is 2.90 bits per heavy atom. The van der Waals surface area contributed by atoms with E-state index in [-0.39, 0.29) is 24.5 Å². The summed E-state index contributed by atoms with van der Waals surface area (Å²) < 4.78 is 7.73. The van der Waals surface area contributed by atoms with Crippen LogP contribution in [-0.4, -0.2) is 61.4 Å². The van der Waals surface area contributed by atoms with Crippen LogP contribution in [0.15, 0.2) is 36.8 Å². The van der Waals surface area contributed by atoms with Crippen molar-refractivity contribution in [2.45, 2.75) is 31.2 Å². The number of ether oxygens (including phenoxy) is 1. The van der Waals surface area contributed by atoms with Gasteiger partial charge in [-0.2, -0.15) is 0 Å². The molecule has 2 aromatic heterocycles. The molecular formula is C21H23N5O4. The normalized spacial score (nSPS) is 25.8. The van der Waals surface area contributed by atoms with Crippen molar-refractivity contribution in [1.82, 2.24) is 19.4 Å². The van der Waals surface area contributed by atoms with Crippen LogP contribution < -0.4 is 10.5 Å². The van der Waals surface area contributed by atoms with E-state index in [2.05, 4.69) is 9.97 Å². The molecule has 1 amide bonds. The second-order valence-corrected chi connectivity index (χ2v) is 8.05. The number of amides is 1. The number of carbonyl (C=O) groups is 1. The fourth-order valence-corrected chi connectivity index (χ4v) is 4.52.